The molecule has 0 saturated heterocycles. The summed E-state index contributed by atoms with van der Waals surface area (Å²) in [6.45, 7) is 2.63. The first kappa shape index (κ1) is 14.7. The molecule has 0 spiro atoms. The van der Waals surface area contributed by atoms with E-state index in [2.05, 4.69) is 0 Å². The van der Waals surface area contributed by atoms with Crippen molar-refractivity contribution in [2.45, 2.75) is 19.4 Å². The molecule has 2 aliphatic heterocycles. The van der Waals surface area contributed by atoms with Crippen LogP contribution in [0.2, 0.25) is 0 Å². The fraction of sp³-hybridized carbons (Fsp3) is 0.278. The minimum absolute atomic E-state index is 0.109. The zero-order chi connectivity index (χ0) is 16.7. The Bertz CT molecular complexity index is 804. The zero-order valence-electron chi connectivity index (χ0n) is 13.2. The number of hydrogen-bond acceptors (Lipinski definition) is 5. The molecule has 124 valence electrons. The Morgan fingerprint density at radius 3 is 2.75 bits per heavy atom. The Kier molecular flexibility index (Phi) is 3.45. The Hall–Kier alpha value is -2.89. The first-order valence-corrected chi connectivity index (χ1v) is 7.85. The van der Waals surface area contributed by atoms with Crippen molar-refractivity contribution in [1.82, 2.24) is 0 Å². The number of benzene rings is 2. The predicted molar refractivity (Wildman–Crippen MR) is 86.8 cm³/mol. The van der Waals surface area contributed by atoms with Gasteiger partial charge in [-0.25, -0.2) is 0 Å². The van der Waals surface area contributed by atoms with E-state index in [4.69, 9.17) is 14.2 Å². The van der Waals surface area contributed by atoms with Gasteiger partial charge in [-0.15, -0.1) is 0 Å². The molecule has 6 heteroatoms. The first-order chi connectivity index (χ1) is 11.7. The number of fused-ring (bicyclic) bond motifs is 2. The van der Waals surface area contributed by atoms with Crippen LogP contribution < -0.4 is 19.1 Å². The van der Waals surface area contributed by atoms with Gasteiger partial charge in [0, 0.05) is 19.0 Å². The number of hydrogen-bond donors (Lipinski definition) is 1. The summed E-state index contributed by atoms with van der Waals surface area (Å²) in [5.74, 6) is 1.99. The molecule has 1 unspecified atom stereocenters. The topological polar surface area (TPSA) is 68.2 Å². The second kappa shape index (κ2) is 5.63. The van der Waals surface area contributed by atoms with Crippen molar-refractivity contribution < 1.29 is 24.1 Å². The van der Waals surface area contributed by atoms with Crippen molar-refractivity contribution in [3.05, 3.63) is 42.0 Å². The molecular weight excluding hydrogens is 310 g/mol. The Labute approximate surface area is 139 Å². The number of amides is 1. The van der Waals surface area contributed by atoms with E-state index in [0.29, 0.717) is 35.9 Å². The number of carbonyl (C=O) groups excluding carboxylic acids is 1. The van der Waals surface area contributed by atoms with E-state index in [1.54, 1.807) is 23.1 Å². The van der Waals surface area contributed by atoms with E-state index >= 15 is 0 Å². The summed E-state index contributed by atoms with van der Waals surface area (Å²) < 4.78 is 16.6. The molecule has 0 saturated carbocycles. The Morgan fingerprint density at radius 1 is 1.12 bits per heavy atom. The molecule has 0 fully saturated rings. The average molecular weight is 327 g/mol. The lowest BCUT2D eigenvalue weighted by molar-refractivity contribution is -0.126. The highest BCUT2D eigenvalue weighted by atomic mass is 16.7. The quantitative estimate of drug-likeness (QED) is 0.938. The summed E-state index contributed by atoms with van der Waals surface area (Å²) in [6.07, 6.45) is -0.172. The van der Waals surface area contributed by atoms with Crippen LogP contribution in [0.5, 0.6) is 23.0 Å². The van der Waals surface area contributed by atoms with Crippen molar-refractivity contribution in [3.63, 3.8) is 0 Å². The van der Waals surface area contributed by atoms with Gasteiger partial charge in [0.2, 0.25) is 6.79 Å². The minimum Gasteiger partial charge on any atom is -0.508 e. The lowest BCUT2D eigenvalue weighted by Gasteiger charge is -2.33. The number of likely N-dealkylation sites (N-methyl/N-ethyl adjacent to an activating group) is 1. The number of carbonyl (C=O) groups is 1. The maximum Gasteiger partial charge on any atom is 0.268 e. The summed E-state index contributed by atoms with van der Waals surface area (Å²) >= 11 is 0. The number of phenols is 1. The third-order valence-electron chi connectivity index (χ3n) is 4.22. The molecule has 0 aromatic heterocycles. The van der Waals surface area contributed by atoms with Gasteiger partial charge < -0.3 is 24.2 Å². The maximum absolute atomic E-state index is 12.7. The molecule has 2 aromatic carbocycles. The monoisotopic (exact) mass is 327 g/mol. The van der Waals surface area contributed by atoms with E-state index < -0.39 is 6.10 Å². The van der Waals surface area contributed by atoms with Gasteiger partial charge in [-0.05, 0) is 36.8 Å². The van der Waals surface area contributed by atoms with Crippen molar-refractivity contribution in [1.29, 1.82) is 0 Å². The van der Waals surface area contributed by atoms with Crippen LogP contribution in [0.15, 0.2) is 36.4 Å². The second-order valence-corrected chi connectivity index (χ2v) is 5.73. The Morgan fingerprint density at radius 2 is 1.92 bits per heavy atom. The van der Waals surface area contributed by atoms with Crippen LogP contribution in [-0.2, 0) is 11.2 Å². The highest BCUT2D eigenvalue weighted by Crippen LogP contribution is 2.38. The normalized spacial score (nSPS) is 18.3. The summed E-state index contributed by atoms with van der Waals surface area (Å²) in [5.41, 5.74) is 1.54. The van der Waals surface area contributed by atoms with E-state index in [1.807, 2.05) is 25.1 Å². The molecule has 0 bridgehead atoms. The molecule has 1 amide bonds. The maximum atomic E-state index is 12.7. The van der Waals surface area contributed by atoms with Crippen LogP contribution in [0.4, 0.5) is 5.69 Å². The van der Waals surface area contributed by atoms with Crippen LogP contribution in [0.3, 0.4) is 0 Å². The van der Waals surface area contributed by atoms with Crippen molar-refractivity contribution in [3.8, 4) is 23.0 Å². The molecule has 4 rings (SSSR count). The zero-order valence-corrected chi connectivity index (χ0v) is 13.2. The Balaban J connectivity index is 1.62. The third kappa shape index (κ3) is 2.40. The standard InChI is InChI=1S/C18H17NO5/c1-2-19-13-9-12(20)4-6-14(13)24-17(18(19)21)8-11-3-5-15-16(7-11)23-10-22-15/h3-7,9,17,20H,2,8,10H2,1H3. The van der Waals surface area contributed by atoms with Gasteiger partial charge in [0.25, 0.3) is 5.91 Å². The van der Waals surface area contributed by atoms with Crippen LogP contribution in [-0.4, -0.2) is 30.5 Å². The summed E-state index contributed by atoms with van der Waals surface area (Å²) in [6, 6.07) is 10.4. The third-order valence-corrected chi connectivity index (χ3v) is 4.22. The number of ether oxygens (including phenoxy) is 3. The molecule has 2 heterocycles. The lowest BCUT2D eigenvalue weighted by atomic mass is 10.0. The van der Waals surface area contributed by atoms with E-state index in [-0.39, 0.29) is 18.4 Å². The largest absolute Gasteiger partial charge is 0.508 e. The van der Waals surface area contributed by atoms with Crippen molar-refractivity contribution >= 4 is 11.6 Å². The fourth-order valence-electron chi connectivity index (χ4n) is 3.05. The summed E-state index contributed by atoms with van der Waals surface area (Å²) in [7, 11) is 0. The molecular formula is C18H17NO5. The van der Waals surface area contributed by atoms with Gasteiger partial charge in [0.05, 0.1) is 5.69 Å². The van der Waals surface area contributed by atoms with Crippen LogP contribution >= 0.6 is 0 Å². The summed E-state index contributed by atoms with van der Waals surface area (Å²) in [4.78, 5) is 14.4. The van der Waals surface area contributed by atoms with E-state index in [9.17, 15) is 9.90 Å². The van der Waals surface area contributed by atoms with Crippen molar-refractivity contribution in [2.75, 3.05) is 18.2 Å². The minimum atomic E-state index is -0.609. The molecule has 6 nitrogen and oxygen atoms in total. The highest BCUT2D eigenvalue weighted by molar-refractivity contribution is 6.00. The van der Waals surface area contributed by atoms with Crippen LogP contribution in [0.1, 0.15) is 12.5 Å². The van der Waals surface area contributed by atoms with Gasteiger partial charge in [-0.2, -0.15) is 0 Å². The van der Waals surface area contributed by atoms with E-state index in [1.165, 1.54) is 0 Å². The number of aromatic hydroxyl groups is 1. The molecule has 1 N–H and O–H groups in total. The second-order valence-electron chi connectivity index (χ2n) is 5.73. The van der Waals surface area contributed by atoms with Gasteiger partial charge in [-0.3, -0.25) is 4.79 Å². The fourth-order valence-corrected chi connectivity index (χ4v) is 3.05. The van der Waals surface area contributed by atoms with Gasteiger partial charge in [-0.1, -0.05) is 6.07 Å². The smallest absolute Gasteiger partial charge is 0.268 e. The number of rotatable bonds is 3. The molecule has 0 radical (unpaired) electrons. The molecule has 1 atom stereocenters. The van der Waals surface area contributed by atoms with Gasteiger partial charge >= 0.3 is 0 Å². The van der Waals surface area contributed by atoms with Gasteiger partial charge in [0.15, 0.2) is 17.6 Å². The van der Waals surface area contributed by atoms with Crippen molar-refractivity contribution in [2.24, 2.45) is 0 Å². The first-order valence-electron chi connectivity index (χ1n) is 7.85. The lowest BCUT2D eigenvalue weighted by Crippen LogP contribution is -2.46. The number of anilines is 1. The predicted octanol–water partition coefficient (Wildman–Crippen LogP) is 2.48. The average Bonchev–Trinajstić information content (AvgIpc) is 3.04. The number of phenolic OH excluding ortho intramolecular Hbond substituents is 1. The molecule has 2 aromatic rings. The molecule has 2 aliphatic rings. The SMILES string of the molecule is CCN1C(=O)C(Cc2ccc3c(c2)OCO3)Oc2ccc(O)cc21. The molecule has 24 heavy (non-hydrogen) atoms. The molecule has 0 aliphatic carbocycles. The summed E-state index contributed by atoms with van der Waals surface area (Å²) in [5, 5.41) is 9.66. The highest BCUT2D eigenvalue weighted by Gasteiger charge is 2.34. The van der Waals surface area contributed by atoms with E-state index in [0.717, 1.165) is 5.56 Å². The number of nitrogens with zero attached hydrogens (tertiary/aromatic N) is 1. The van der Waals surface area contributed by atoms with Crippen LogP contribution in [0.25, 0.3) is 0 Å². The van der Waals surface area contributed by atoms with Crippen LogP contribution in [0, 0.1) is 0 Å². The van der Waals surface area contributed by atoms with Gasteiger partial charge in [0.1, 0.15) is 11.5 Å².